The van der Waals surface area contributed by atoms with Gasteiger partial charge in [0, 0.05) is 34.9 Å². The van der Waals surface area contributed by atoms with E-state index in [1.807, 2.05) is 24.3 Å². The van der Waals surface area contributed by atoms with Crippen LogP contribution in [-0.2, 0) is 27.4 Å². The molecular weight excluding hydrogens is 617 g/mol. The maximum absolute atomic E-state index is 13.5. The molecule has 13 heteroatoms. The minimum Gasteiger partial charge on any atom is -0.361 e. The van der Waals surface area contributed by atoms with Gasteiger partial charge in [-0.05, 0) is 66.2 Å². The maximum Gasteiger partial charge on any atom is 0.416 e. The van der Waals surface area contributed by atoms with Crippen molar-refractivity contribution in [2.75, 3.05) is 10.0 Å². The maximum atomic E-state index is 13.5. The zero-order chi connectivity index (χ0) is 31.5. The van der Waals surface area contributed by atoms with Crippen LogP contribution in [-0.4, -0.2) is 31.3 Å². The molecule has 2 amide bonds. The molecule has 0 saturated heterocycles. The molecule has 0 fully saturated rings. The van der Waals surface area contributed by atoms with Crippen molar-refractivity contribution in [3.05, 3.63) is 125 Å². The standard InChI is InChI=1S/C31H24ClF3N4O4S/c32-26-10-3-1-9-25(26)29(40)38-28(16-19-18-36-27-11-4-2-8-24(19)27)30(41)37-21-12-14-23(15-13-21)44(42,43)39-22-7-5-6-20(17-22)31(33,34)35/h1-15,17-18,28,36,39H,16H2,(H,37,41)(H,38,40)/t28-/m0/s1. The monoisotopic (exact) mass is 640 g/mol. The SMILES string of the molecule is O=C(N[C@@H](Cc1c[nH]c2ccccc12)C(=O)Nc1ccc(S(=O)(=O)Nc2cccc(C(F)(F)F)c2)cc1)c1ccccc1Cl. The summed E-state index contributed by atoms with van der Waals surface area (Å²) in [4.78, 5) is 29.5. The molecule has 1 heterocycles. The van der Waals surface area contributed by atoms with Crippen LogP contribution in [0.5, 0.6) is 0 Å². The molecule has 0 aliphatic rings. The first-order valence-electron chi connectivity index (χ1n) is 13.1. The Hall–Kier alpha value is -4.81. The van der Waals surface area contributed by atoms with E-state index >= 15 is 0 Å². The molecule has 5 rings (SSSR count). The van der Waals surface area contributed by atoms with Crippen LogP contribution in [0.15, 0.2) is 108 Å². The Balaban J connectivity index is 1.34. The second-order valence-electron chi connectivity index (χ2n) is 9.77. The minimum atomic E-state index is -4.64. The third-order valence-electron chi connectivity index (χ3n) is 6.71. The van der Waals surface area contributed by atoms with Crippen molar-refractivity contribution in [3.63, 3.8) is 0 Å². The molecule has 0 aliphatic carbocycles. The first-order valence-corrected chi connectivity index (χ1v) is 15.0. The van der Waals surface area contributed by atoms with E-state index in [2.05, 4.69) is 20.3 Å². The van der Waals surface area contributed by atoms with Crippen LogP contribution in [0.4, 0.5) is 24.5 Å². The van der Waals surface area contributed by atoms with E-state index in [-0.39, 0.29) is 33.3 Å². The van der Waals surface area contributed by atoms with Gasteiger partial charge in [0.2, 0.25) is 5.91 Å². The molecule has 44 heavy (non-hydrogen) atoms. The highest BCUT2D eigenvalue weighted by atomic mass is 35.5. The fourth-order valence-electron chi connectivity index (χ4n) is 4.53. The Bertz CT molecular complexity index is 1940. The number of benzene rings is 4. The highest BCUT2D eigenvalue weighted by molar-refractivity contribution is 7.92. The van der Waals surface area contributed by atoms with Crippen LogP contribution in [0.2, 0.25) is 5.02 Å². The number of sulfonamides is 1. The fourth-order valence-corrected chi connectivity index (χ4v) is 5.80. The van der Waals surface area contributed by atoms with Gasteiger partial charge in [0.1, 0.15) is 6.04 Å². The Morgan fingerprint density at radius 3 is 2.30 bits per heavy atom. The normalized spacial score (nSPS) is 12.5. The lowest BCUT2D eigenvalue weighted by Gasteiger charge is -2.19. The first-order chi connectivity index (χ1) is 20.9. The predicted molar refractivity (Wildman–Crippen MR) is 162 cm³/mol. The number of carbonyl (C=O) groups is 2. The smallest absolute Gasteiger partial charge is 0.361 e. The summed E-state index contributed by atoms with van der Waals surface area (Å²) in [5.41, 5.74) is 0.792. The summed E-state index contributed by atoms with van der Waals surface area (Å²) in [7, 11) is -4.25. The molecule has 1 aromatic heterocycles. The predicted octanol–water partition coefficient (Wildman–Crippen LogP) is 6.62. The third-order valence-corrected chi connectivity index (χ3v) is 8.44. The topological polar surface area (TPSA) is 120 Å². The highest BCUT2D eigenvalue weighted by Gasteiger charge is 2.31. The average molecular weight is 641 g/mol. The molecule has 0 bridgehead atoms. The van der Waals surface area contributed by atoms with Crippen LogP contribution >= 0.6 is 11.6 Å². The van der Waals surface area contributed by atoms with Gasteiger partial charge in [-0.25, -0.2) is 8.42 Å². The molecule has 1 atom stereocenters. The van der Waals surface area contributed by atoms with E-state index in [4.69, 9.17) is 11.6 Å². The van der Waals surface area contributed by atoms with Gasteiger partial charge in [0.05, 0.1) is 21.0 Å². The van der Waals surface area contributed by atoms with Gasteiger partial charge in [0.15, 0.2) is 0 Å². The average Bonchev–Trinajstić information content (AvgIpc) is 3.39. The molecule has 5 aromatic rings. The second kappa shape index (κ2) is 12.4. The van der Waals surface area contributed by atoms with Crippen molar-refractivity contribution in [2.45, 2.75) is 23.5 Å². The van der Waals surface area contributed by atoms with E-state index in [0.717, 1.165) is 28.6 Å². The zero-order valence-corrected chi connectivity index (χ0v) is 24.2. The van der Waals surface area contributed by atoms with Crippen LogP contribution in [0.25, 0.3) is 10.9 Å². The Morgan fingerprint density at radius 2 is 1.57 bits per heavy atom. The number of fused-ring (bicyclic) bond motifs is 1. The number of aromatic amines is 1. The number of nitrogens with one attached hydrogen (secondary N) is 4. The van der Waals surface area contributed by atoms with Crippen molar-refractivity contribution < 1.29 is 31.2 Å². The van der Waals surface area contributed by atoms with Crippen LogP contribution < -0.4 is 15.4 Å². The number of halogens is 4. The Kier molecular flexibility index (Phi) is 8.66. The molecule has 4 aromatic carbocycles. The van der Waals surface area contributed by atoms with Gasteiger partial charge in [-0.3, -0.25) is 14.3 Å². The molecule has 226 valence electrons. The molecule has 0 aliphatic heterocycles. The van der Waals surface area contributed by atoms with Crippen molar-refractivity contribution >= 4 is 55.7 Å². The van der Waals surface area contributed by atoms with Crippen molar-refractivity contribution in [1.29, 1.82) is 0 Å². The molecular formula is C31H24ClF3N4O4S. The summed E-state index contributed by atoms with van der Waals surface area (Å²) >= 11 is 6.19. The molecule has 0 unspecified atom stereocenters. The third kappa shape index (κ3) is 7.04. The number of aromatic nitrogens is 1. The van der Waals surface area contributed by atoms with E-state index in [0.29, 0.717) is 6.07 Å². The number of hydrogen-bond donors (Lipinski definition) is 4. The van der Waals surface area contributed by atoms with Gasteiger partial charge in [-0.15, -0.1) is 0 Å². The highest BCUT2D eigenvalue weighted by Crippen LogP contribution is 2.31. The number of H-pyrrole nitrogens is 1. The van der Waals surface area contributed by atoms with Gasteiger partial charge < -0.3 is 15.6 Å². The fraction of sp³-hybridized carbons (Fsp3) is 0.0968. The number of hydrogen-bond acceptors (Lipinski definition) is 4. The van der Waals surface area contributed by atoms with E-state index in [1.165, 1.54) is 36.4 Å². The zero-order valence-electron chi connectivity index (χ0n) is 22.7. The number of anilines is 2. The summed E-state index contributed by atoms with van der Waals surface area (Å²) in [6.07, 6.45) is -2.76. The van der Waals surface area contributed by atoms with Crippen LogP contribution in [0.1, 0.15) is 21.5 Å². The quantitative estimate of drug-likeness (QED) is 0.145. The summed E-state index contributed by atoms with van der Waals surface area (Å²) in [5, 5.41) is 6.52. The summed E-state index contributed by atoms with van der Waals surface area (Å²) in [6.45, 7) is 0. The number of carbonyl (C=O) groups excluding carboxylic acids is 2. The lowest BCUT2D eigenvalue weighted by Crippen LogP contribution is -2.45. The second-order valence-corrected chi connectivity index (χ2v) is 11.9. The molecule has 8 nitrogen and oxygen atoms in total. The van der Waals surface area contributed by atoms with Gasteiger partial charge in [-0.1, -0.05) is 48.0 Å². The largest absolute Gasteiger partial charge is 0.416 e. The molecule has 0 saturated carbocycles. The minimum absolute atomic E-state index is 0.124. The van der Waals surface area contributed by atoms with Gasteiger partial charge in [-0.2, -0.15) is 13.2 Å². The van der Waals surface area contributed by atoms with Crippen molar-refractivity contribution in [2.24, 2.45) is 0 Å². The first kappa shape index (κ1) is 30.6. The molecule has 0 spiro atoms. The molecule has 0 radical (unpaired) electrons. The Morgan fingerprint density at radius 1 is 0.864 bits per heavy atom. The van der Waals surface area contributed by atoms with E-state index in [9.17, 15) is 31.2 Å². The van der Waals surface area contributed by atoms with Gasteiger partial charge in [0.25, 0.3) is 15.9 Å². The Labute approximate surface area is 255 Å². The van der Waals surface area contributed by atoms with E-state index in [1.54, 1.807) is 24.4 Å². The summed E-state index contributed by atoms with van der Waals surface area (Å²) < 4.78 is 66.9. The van der Waals surface area contributed by atoms with Crippen LogP contribution in [0.3, 0.4) is 0 Å². The lowest BCUT2D eigenvalue weighted by atomic mass is 10.0. The van der Waals surface area contributed by atoms with Crippen LogP contribution in [0, 0.1) is 0 Å². The van der Waals surface area contributed by atoms with Crippen molar-refractivity contribution in [1.82, 2.24) is 10.3 Å². The van der Waals surface area contributed by atoms with E-state index < -0.39 is 39.6 Å². The summed E-state index contributed by atoms with van der Waals surface area (Å²) in [5.74, 6) is -1.13. The number of alkyl halides is 3. The summed E-state index contributed by atoms with van der Waals surface area (Å²) in [6, 6.07) is 21.7. The van der Waals surface area contributed by atoms with Gasteiger partial charge >= 0.3 is 6.18 Å². The van der Waals surface area contributed by atoms with Crippen molar-refractivity contribution in [3.8, 4) is 0 Å². The molecule has 4 N–H and O–H groups in total. The number of para-hydroxylation sites is 1. The number of rotatable bonds is 9. The number of amides is 2. The lowest BCUT2D eigenvalue weighted by molar-refractivity contribution is -0.137.